The Labute approximate surface area is 176 Å². The van der Waals surface area contributed by atoms with E-state index in [1.54, 1.807) is 11.3 Å². The summed E-state index contributed by atoms with van der Waals surface area (Å²) in [4.78, 5) is 7.56. The van der Waals surface area contributed by atoms with E-state index >= 15 is 0 Å². The van der Waals surface area contributed by atoms with Gasteiger partial charge in [0, 0.05) is 22.6 Å². The summed E-state index contributed by atoms with van der Waals surface area (Å²) in [5, 5.41) is 0.641. The summed E-state index contributed by atoms with van der Waals surface area (Å²) in [5.41, 5.74) is 0.876. The number of benzene rings is 1. The highest BCUT2D eigenvalue weighted by Crippen LogP contribution is 2.31. The summed E-state index contributed by atoms with van der Waals surface area (Å²) in [6, 6.07) is 5.60. The molecule has 0 amide bonds. The third-order valence-electron chi connectivity index (χ3n) is 4.21. The Bertz CT molecular complexity index is 902. The number of nitrogens with zero attached hydrogens (tertiary/aromatic N) is 2. The Morgan fingerprint density at radius 2 is 2.07 bits per heavy atom. The highest BCUT2D eigenvalue weighted by atomic mass is 35.5. The average molecular weight is 423 g/mol. The predicted octanol–water partition coefficient (Wildman–Crippen LogP) is 5.97. The number of aromatic nitrogens is 1. The normalized spacial score (nSPS) is 15.4. The van der Waals surface area contributed by atoms with Gasteiger partial charge in [-0.3, -0.25) is 0 Å². The lowest BCUT2D eigenvalue weighted by atomic mass is 9.95. The summed E-state index contributed by atoms with van der Waals surface area (Å²) in [6.45, 7) is 12.0. The van der Waals surface area contributed by atoms with E-state index in [0.717, 1.165) is 35.5 Å². The van der Waals surface area contributed by atoms with Gasteiger partial charge < -0.3 is 9.30 Å². The second-order valence-electron chi connectivity index (χ2n) is 8.55. The van der Waals surface area contributed by atoms with Gasteiger partial charge in [0.05, 0.1) is 11.7 Å². The summed E-state index contributed by atoms with van der Waals surface area (Å²) in [5.74, 6) is 1.30. The second kappa shape index (κ2) is 8.06. The van der Waals surface area contributed by atoms with Crippen LogP contribution in [-0.2, 0) is 12.0 Å². The molecule has 1 saturated carbocycles. The van der Waals surface area contributed by atoms with Crippen LogP contribution in [0.5, 0.6) is 5.75 Å². The second-order valence-corrected chi connectivity index (χ2v) is 10.4. The average Bonchev–Trinajstić information content (AvgIpc) is 3.28. The SMILES string of the molecule is CC(C)Cn1cc(C(C)(C)C)s/c1=N\C(=S)c1cc(Cl)ccc1OC1CC1. The minimum absolute atomic E-state index is 0.0785. The van der Waals surface area contributed by atoms with Crippen LogP contribution in [0, 0.1) is 5.92 Å². The molecule has 0 spiro atoms. The molecule has 0 unspecified atom stereocenters. The van der Waals surface area contributed by atoms with E-state index in [1.807, 2.05) is 18.2 Å². The Morgan fingerprint density at radius 1 is 1.37 bits per heavy atom. The molecule has 27 heavy (non-hydrogen) atoms. The van der Waals surface area contributed by atoms with Gasteiger partial charge in [-0.2, -0.15) is 0 Å². The van der Waals surface area contributed by atoms with Crippen LogP contribution in [0.4, 0.5) is 0 Å². The molecule has 1 aromatic heterocycles. The van der Waals surface area contributed by atoms with Crippen molar-refractivity contribution in [2.75, 3.05) is 0 Å². The summed E-state index contributed by atoms with van der Waals surface area (Å²) >= 11 is 13.6. The van der Waals surface area contributed by atoms with Crippen molar-refractivity contribution >= 4 is 40.1 Å². The quantitative estimate of drug-likeness (QED) is 0.554. The van der Waals surface area contributed by atoms with Gasteiger partial charge in [0.2, 0.25) is 0 Å². The minimum atomic E-state index is 0.0785. The van der Waals surface area contributed by atoms with Crippen molar-refractivity contribution in [1.82, 2.24) is 4.57 Å². The molecule has 0 N–H and O–H groups in total. The van der Waals surface area contributed by atoms with Crippen molar-refractivity contribution in [3.63, 3.8) is 0 Å². The zero-order valence-electron chi connectivity index (χ0n) is 16.6. The third-order valence-corrected chi connectivity index (χ3v) is 6.20. The Balaban J connectivity index is 2.01. The van der Waals surface area contributed by atoms with Gasteiger partial charge in [-0.05, 0) is 42.4 Å². The number of halogens is 1. The fraction of sp³-hybridized carbons (Fsp3) is 0.524. The van der Waals surface area contributed by atoms with E-state index in [0.29, 0.717) is 22.0 Å². The van der Waals surface area contributed by atoms with Gasteiger partial charge in [0.1, 0.15) is 10.7 Å². The first-order chi connectivity index (χ1) is 12.6. The molecular weight excluding hydrogens is 396 g/mol. The maximum atomic E-state index is 6.22. The van der Waals surface area contributed by atoms with Crippen LogP contribution in [-0.4, -0.2) is 15.7 Å². The van der Waals surface area contributed by atoms with Crippen molar-refractivity contribution < 1.29 is 4.74 Å². The number of thiocarbonyl (C=S) groups is 1. The first kappa shape index (κ1) is 20.6. The Hall–Kier alpha value is -1.17. The molecule has 1 aliphatic rings. The maximum Gasteiger partial charge on any atom is 0.191 e. The van der Waals surface area contributed by atoms with Crippen LogP contribution in [0.2, 0.25) is 5.02 Å². The van der Waals surface area contributed by atoms with E-state index < -0.39 is 0 Å². The number of thiazole rings is 1. The van der Waals surface area contributed by atoms with Crippen molar-refractivity contribution in [1.29, 1.82) is 0 Å². The van der Waals surface area contributed by atoms with Crippen LogP contribution in [0.25, 0.3) is 0 Å². The lowest BCUT2D eigenvalue weighted by molar-refractivity contribution is 0.302. The molecular formula is C21H27ClN2OS2. The van der Waals surface area contributed by atoms with Gasteiger partial charge in [-0.1, -0.05) is 58.4 Å². The fourth-order valence-electron chi connectivity index (χ4n) is 2.62. The summed E-state index contributed by atoms with van der Waals surface area (Å²) in [6.07, 6.45) is 4.71. The van der Waals surface area contributed by atoms with E-state index in [1.165, 1.54) is 4.88 Å². The molecule has 6 heteroatoms. The molecule has 0 saturated heterocycles. The van der Waals surface area contributed by atoms with Crippen molar-refractivity contribution in [2.45, 2.75) is 65.5 Å². The van der Waals surface area contributed by atoms with Crippen molar-refractivity contribution in [3.8, 4) is 5.75 Å². The van der Waals surface area contributed by atoms with Crippen LogP contribution in [0.1, 0.15) is 57.9 Å². The van der Waals surface area contributed by atoms with E-state index in [2.05, 4.69) is 45.4 Å². The van der Waals surface area contributed by atoms with Crippen LogP contribution in [0.3, 0.4) is 0 Å². The van der Waals surface area contributed by atoms with Crippen LogP contribution in [0.15, 0.2) is 29.4 Å². The molecule has 3 rings (SSSR count). The number of hydrogen-bond donors (Lipinski definition) is 0. The van der Waals surface area contributed by atoms with E-state index in [9.17, 15) is 0 Å². The molecule has 1 heterocycles. The Kier molecular flexibility index (Phi) is 6.14. The van der Waals surface area contributed by atoms with E-state index in [-0.39, 0.29) is 5.41 Å². The van der Waals surface area contributed by atoms with Crippen molar-refractivity contribution in [2.24, 2.45) is 10.9 Å². The van der Waals surface area contributed by atoms with E-state index in [4.69, 9.17) is 33.5 Å². The van der Waals surface area contributed by atoms with Gasteiger partial charge in [-0.25, -0.2) is 4.99 Å². The van der Waals surface area contributed by atoms with Gasteiger partial charge in [-0.15, -0.1) is 11.3 Å². The summed E-state index contributed by atoms with van der Waals surface area (Å²) < 4.78 is 8.23. The zero-order chi connectivity index (χ0) is 19.8. The highest BCUT2D eigenvalue weighted by molar-refractivity contribution is 7.80. The molecule has 0 radical (unpaired) electrons. The maximum absolute atomic E-state index is 6.22. The summed E-state index contributed by atoms with van der Waals surface area (Å²) in [7, 11) is 0. The smallest absolute Gasteiger partial charge is 0.191 e. The first-order valence-corrected chi connectivity index (χ1v) is 11.0. The van der Waals surface area contributed by atoms with Crippen molar-refractivity contribution in [3.05, 3.63) is 44.7 Å². The molecule has 1 fully saturated rings. The minimum Gasteiger partial charge on any atom is -0.490 e. The van der Waals surface area contributed by atoms with Crippen LogP contribution >= 0.6 is 35.2 Å². The van der Waals surface area contributed by atoms with Gasteiger partial charge in [0.15, 0.2) is 4.80 Å². The van der Waals surface area contributed by atoms with Gasteiger partial charge >= 0.3 is 0 Å². The topological polar surface area (TPSA) is 26.5 Å². The molecule has 0 atom stereocenters. The zero-order valence-corrected chi connectivity index (χ0v) is 19.0. The highest BCUT2D eigenvalue weighted by Gasteiger charge is 2.25. The molecule has 0 aliphatic heterocycles. The monoisotopic (exact) mass is 422 g/mol. The molecule has 0 bridgehead atoms. The Morgan fingerprint density at radius 3 is 2.67 bits per heavy atom. The lowest BCUT2D eigenvalue weighted by Crippen LogP contribution is -2.19. The molecule has 2 aromatic rings. The molecule has 1 aliphatic carbocycles. The molecule has 146 valence electrons. The fourth-order valence-corrected chi connectivity index (χ4v) is 4.16. The lowest BCUT2D eigenvalue weighted by Gasteiger charge is -2.14. The third kappa shape index (κ3) is 5.43. The number of rotatable bonds is 5. The predicted molar refractivity (Wildman–Crippen MR) is 118 cm³/mol. The largest absolute Gasteiger partial charge is 0.490 e. The van der Waals surface area contributed by atoms with Crippen LogP contribution < -0.4 is 9.54 Å². The molecule has 3 nitrogen and oxygen atoms in total. The number of hydrogen-bond acceptors (Lipinski definition) is 3. The standard InChI is InChI=1S/C21H27ClN2OS2/c1-13(2)11-24-12-18(21(3,4)5)27-20(24)23-19(26)16-10-14(22)6-9-17(16)25-15-7-8-15/h6,9-10,12-13,15H,7-8,11H2,1-5H3/b23-20-. The van der Waals surface area contributed by atoms with Gasteiger partial charge in [0.25, 0.3) is 0 Å². The first-order valence-electron chi connectivity index (χ1n) is 9.39. The number of ether oxygens (including phenoxy) is 1. The molecule has 1 aromatic carbocycles.